The van der Waals surface area contributed by atoms with E-state index in [9.17, 15) is 4.79 Å². The highest BCUT2D eigenvalue weighted by Gasteiger charge is 2.12. The van der Waals surface area contributed by atoms with E-state index in [1.165, 1.54) is 0 Å². The number of imidazole rings is 1. The Morgan fingerprint density at radius 2 is 2.19 bits per heavy atom. The minimum absolute atomic E-state index is 0.238. The molecule has 0 bridgehead atoms. The summed E-state index contributed by atoms with van der Waals surface area (Å²) in [7, 11) is 3.58. The summed E-state index contributed by atoms with van der Waals surface area (Å²) in [4.78, 5) is 16.5. The van der Waals surface area contributed by atoms with Gasteiger partial charge in [0, 0.05) is 26.0 Å². The largest absolute Gasteiger partial charge is 0.496 e. The third kappa shape index (κ3) is 4.29. The minimum Gasteiger partial charge on any atom is -0.496 e. The molecule has 0 saturated carbocycles. The second-order valence-corrected chi connectivity index (χ2v) is 6.80. The number of nitrogens with zero attached hydrogens (tertiary/aromatic N) is 2. The molecule has 0 aliphatic rings. The number of furan rings is 1. The molecule has 7 heteroatoms. The summed E-state index contributed by atoms with van der Waals surface area (Å²) in [5.41, 5.74) is 2.03. The molecule has 1 amide bonds. The first kappa shape index (κ1) is 18.1. The van der Waals surface area contributed by atoms with E-state index < -0.39 is 0 Å². The third-order valence-corrected chi connectivity index (χ3v) is 5.01. The smallest absolute Gasteiger partial charge is 0.287 e. The molecule has 0 unspecified atom stereocenters. The molecule has 0 aliphatic carbocycles. The molecule has 0 aliphatic heterocycles. The summed E-state index contributed by atoms with van der Waals surface area (Å²) in [5.74, 6) is 2.23. The van der Waals surface area contributed by atoms with E-state index in [4.69, 9.17) is 9.15 Å². The maximum absolute atomic E-state index is 12.3. The highest BCUT2D eigenvalue weighted by Crippen LogP contribution is 2.22. The van der Waals surface area contributed by atoms with E-state index in [0.717, 1.165) is 27.8 Å². The number of aromatic nitrogens is 2. The van der Waals surface area contributed by atoms with Crippen molar-refractivity contribution in [3.05, 3.63) is 65.4 Å². The standard InChI is InChI=1S/C19H21N3O3S/c1-13-4-5-14(10-17(13)24-3)11-21-18(23)16-7-6-15(25-16)12-26-19-20-8-9-22(19)2/h4-10H,11-12H2,1-3H3,(H,21,23). The Hall–Kier alpha value is -2.67. The van der Waals surface area contributed by atoms with Crippen LogP contribution in [0.2, 0.25) is 0 Å². The maximum atomic E-state index is 12.3. The lowest BCUT2D eigenvalue weighted by molar-refractivity contribution is 0.0921. The quantitative estimate of drug-likeness (QED) is 0.643. The van der Waals surface area contributed by atoms with Crippen LogP contribution in [0.5, 0.6) is 5.75 Å². The second kappa shape index (κ2) is 8.14. The number of aryl methyl sites for hydroxylation is 2. The first-order valence-corrected chi connectivity index (χ1v) is 9.16. The molecule has 0 atom stereocenters. The van der Waals surface area contributed by atoms with E-state index in [2.05, 4.69) is 10.3 Å². The van der Waals surface area contributed by atoms with E-state index in [0.29, 0.717) is 18.1 Å². The third-order valence-electron chi connectivity index (χ3n) is 3.93. The summed E-state index contributed by atoms with van der Waals surface area (Å²) >= 11 is 1.56. The van der Waals surface area contributed by atoms with Crippen LogP contribution in [0.3, 0.4) is 0 Å². The number of amides is 1. The van der Waals surface area contributed by atoms with E-state index >= 15 is 0 Å². The summed E-state index contributed by atoms with van der Waals surface area (Å²) in [6.45, 7) is 2.39. The van der Waals surface area contributed by atoms with Gasteiger partial charge in [-0.2, -0.15) is 0 Å². The zero-order valence-corrected chi connectivity index (χ0v) is 15.8. The van der Waals surface area contributed by atoms with Gasteiger partial charge in [0.15, 0.2) is 10.9 Å². The van der Waals surface area contributed by atoms with Crippen molar-refractivity contribution in [1.29, 1.82) is 0 Å². The molecule has 0 saturated heterocycles. The van der Waals surface area contributed by atoms with Gasteiger partial charge in [0.2, 0.25) is 0 Å². The molecular weight excluding hydrogens is 350 g/mol. The predicted molar refractivity (Wildman–Crippen MR) is 100 cm³/mol. The lowest BCUT2D eigenvalue weighted by Gasteiger charge is -2.08. The van der Waals surface area contributed by atoms with Gasteiger partial charge in [-0.15, -0.1) is 0 Å². The molecule has 0 radical (unpaired) electrons. The average molecular weight is 371 g/mol. The number of carbonyl (C=O) groups excluding carboxylic acids is 1. The van der Waals surface area contributed by atoms with E-state index in [-0.39, 0.29) is 5.91 Å². The van der Waals surface area contributed by atoms with Gasteiger partial charge in [-0.25, -0.2) is 4.98 Å². The van der Waals surface area contributed by atoms with Crippen LogP contribution in [0.4, 0.5) is 0 Å². The van der Waals surface area contributed by atoms with Crippen molar-refractivity contribution in [3.63, 3.8) is 0 Å². The maximum Gasteiger partial charge on any atom is 0.287 e. The number of hydrogen-bond donors (Lipinski definition) is 1. The molecule has 6 nitrogen and oxygen atoms in total. The Bertz CT molecular complexity index is 901. The van der Waals surface area contributed by atoms with Crippen LogP contribution in [-0.2, 0) is 19.3 Å². The molecule has 26 heavy (non-hydrogen) atoms. The zero-order valence-electron chi connectivity index (χ0n) is 15.0. The number of carbonyl (C=O) groups is 1. The molecule has 3 rings (SSSR count). The van der Waals surface area contributed by atoms with Crippen LogP contribution in [0, 0.1) is 6.92 Å². The molecule has 2 heterocycles. The Kier molecular flexibility index (Phi) is 5.68. The van der Waals surface area contributed by atoms with Gasteiger partial charge in [-0.05, 0) is 36.2 Å². The van der Waals surface area contributed by atoms with Gasteiger partial charge in [-0.1, -0.05) is 23.9 Å². The molecule has 3 aromatic rings. The fourth-order valence-corrected chi connectivity index (χ4v) is 3.27. The number of rotatable bonds is 7. The van der Waals surface area contributed by atoms with Crippen molar-refractivity contribution >= 4 is 17.7 Å². The predicted octanol–water partition coefficient (Wildman–Crippen LogP) is 3.55. The van der Waals surface area contributed by atoms with Crippen LogP contribution in [0.25, 0.3) is 0 Å². The summed E-state index contributed by atoms with van der Waals surface area (Å²) < 4.78 is 12.9. The van der Waals surface area contributed by atoms with Gasteiger partial charge in [0.25, 0.3) is 5.91 Å². The lowest BCUT2D eigenvalue weighted by atomic mass is 10.1. The van der Waals surface area contributed by atoms with Crippen molar-refractivity contribution in [2.75, 3.05) is 7.11 Å². The molecule has 136 valence electrons. The van der Waals surface area contributed by atoms with Crippen LogP contribution in [0.1, 0.15) is 27.4 Å². The first-order chi connectivity index (χ1) is 12.6. The molecule has 1 aromatic carbocycles. The molecule has 0 spiro atoms. The van der Waals surface area contributed by atoms with Gasteiger partial charge in [0.05, 0.1) is 12.9 Å². The van der Waals surface area contributed by atoms with Crippen LogP contribution in [-0.4, -0.2) is 22.6 Å². The number of ether oxygens (including phenoxy) is 1. The number of benzene rings is 1. The van der Waals surface area contributed by atoms with E-state index in [1.54, 1.807) is 31.1 Å². The molecule has 0 fully saturated rings. The van der Waals surface area contributed by atoms with Crippen molar-refractivity contribution in [1.82, 2.24) is 14.9 Å². The van der Waals surface area contributed by atoms with Gasteiger partial charge in [0.1, 0.15) is 11.5 Å². The monoisotopic (exact) mass is 371 g/mol. The Labute approximate surface area is 156 Å². The van der Waals surface area contributed by atoms with Gasteiger partial charge >= 0.3 is 0 Å². The normalized spacial score (nSPS) is 10.7. The average Bonchev–Trinajstić information content (AvgIpc) is 3.28. The topological polar surface area (TPSA) is 69.3 Å². The summed E-state index contributed by atoms with van der Waals surface area (Å²) in [6.07, 6.45) is 3.65. The Balaban J connectivity index is 1.55. The highest BCUT2D eigenvalue weighted by molar-refractivity contribution is 7.98. The first-order valence-electron chi connectivity index (χ1n) is 8.17. The van der Waals surface area contributed by atoms with Crippen molar-refractivity contribution in [2.24, 2.45) is 7.05 Å². The Morgan fingerprint density at radius 1 is 1.35 bits per heavy atom. The molecule has 2 aromatic heterocycles. The molecular formula is C19H21N3O3S. The number of hydrogen-bond acceptors (Lipinski definition) is 5. The number of nitrogens with one attached hydrogen (secondary N) is 1. The number of thioether (sulfide) groups is 1. The summed E-state index contributed by atoms with van der Waals surface area (Å²) in [6, 6.07) is 9.38. The second-order valence-electron chi connectivity index (χ2n) is 5.86. The fourth-order valence-electron chi connectivity index (χ4n) is 2.45. The zero-order chi connectivity index (χ0) is 18.5. The van der Waals surface area contributed by atoms with Crippen molar-refractivity contribution < 1.29 is 13.9 Å². The van der Waals surface area contributed by atoms with Crippen LogP contribution >= 0.6 is 11.8 Å². The van der Waals surface area contributed by atoms with Crippen LogP contribution in [0.15, 0.2) is 52.3 Å². The SMILES string of the molecule is COc1cc(CNC(=O)c2ccc(CSc3nccn3C)o2)ccc1C. The Morgan fingerprint density at radius 3 is 2.92 bits per heavy atom. The fraction of sp³-hybridized carbons (Fsp3) is 0.263. The number of methoxy groups -OCH3 is 1. The lowest BCUT2D eigenvalue weighted by Crippen LogP contribution is -2.22. The van der Waals surface area contributed by atoms with Crippen molar-refractivity contribution in [3.8, 4) is 5.75 Å². The summed E-state index contributed by atoms with van der Waals surface area (Å²) in [5, 5.41) is 3.77. The van der Waals surface area contributed by atoms with Crippen LogP contribution < -0.4 is 10.1 Å². The highest BCUT2D eigenvalue weighted by atomic mass is 32.2. The molecule has 1 N–H and O–H groups in total. The van der Waals surface area contributed by atoms with Crippen molar-refractivity contribution in [2.45, 2.75) is 24.4 Å². The van der Waals surface area contributed by atoms with Gasteiger partial charge < -0.3 is 19.0 Å². The minimum atomic E-state index is -0.238. The van der Waals surface area contributed by atoms with Gasteiger partial charge in [-0.3, -0.25) is 4.79 Å². The van der Waals surface area contributed by atoms with E-state index in [1.807, 2.05) is 49.0 Å².